The normalized spacial score (nSPS) is 31.8. The van der Waals surface area contributed by atoms with Crippen LogP contribution >= 0.6 is 0 Å². The summed E-state index contributed by atoms with van der Waals surface area (Å²) in [5.74, 6) is 0.495. The number of aliphatic imine (C=N–C) groups is 1. The van der Waals surface area contributed by atoms with Crippen LogP contribution in [0.25, 0.3) is 0 Å². The van der Waals surface area contributed by atoms with Gasteiger partial charge in [0.1, 0.15) is 0 Å². The monoisotopic (exact) mass is 127 g/mol. The molecular weight excluding hydrogens is 114 g/mol. The Kier molecular flexibility index (Phi) is 2.19. The zero-order chi connectivity index (χ0) is 6.69. The molecule has 1 aliphatic heterocycles. The first-order valence-electron chi connectivity index (χ1n) is 3.24. The van der Waals surface area contributed by atoms with Gasteiger partial charge in [-0.25, -0.2) is 0 Å². The molecule has 9 heavy (non-hydrogen) atoms. The predicted molar refractivity (Wildman–Crippen MR) is 38.8 cm³/mol. The number of nitrogens with zero attached hydrogens (tertiary/aromatic N) is 1. The molecule has 1 unspecified atom stereocenters. The van der Waals surface area contributed by atoms with Gasteiger partial charge in [-0.1, -0.05) is 0 Å². The highest BCUT2D eigenvalue weighted by Crippen LogP contribution is 2.01. The predicted octanol–water partition coefficient (Wildman–Crippen LogP) is -0.765. The smallest absolute Gasteiger partial charge is 0.0339 e. The molecule has 3 nitrogen and oxygen atoms in total. The molecule has 0 saturated carbocycles. The van der Waals surface area contributed by atoms with E-state index in [-0.39, 0.29) is 0 Å². The number of nitrogens with two attached hydrogens (primary N) is 1. The topological polar surface area (TPSA) is 50.4 Å². The van der Waals surface area contributed by atoms with E-state index in [0.717, 1.165) is 19.6 Å². The van der Waals surface area contributed by atoms with E-state index in [4.69, 9.17) is 5.73 Å². The Morgan fingerprint density at radius 1 is 1.89 bits per heavy atom. The van der Waals surface area contributed by atoms with Crippen molar-refractivity contribution in [1.82, 2.24) is 5.32 Å². The first-order valence-corrected chi connectivity index (χ1v) is 3.24. The summed E-state index contributed by atoms with van der Waals surface area (Å²) in [7, 11) is 1.82. The first-order chi connectivity index (χ1) is 4.38. The van der Waals surface area contributed by atoms with E-state index in [9.17, 15) is 0 Å². The Hall–Kier alpha value is -0.410. The van der Waals surface area contributed by atoms with Gasteiger partial charge in [-0.2, -0.15) is 0 Å². The largest absolute Gasteiger partial charge is 0.330 e. The fourth-order valence-corrected chi connectivity index (χ4v) is 1.12. The molecule has 0 aromatic carbocycles. The molecule has 0 spiro atoms. The van der Waals surface area contributed by atoms with Crippen molar-refractivity contribution >= 4 is 5.71 Å². The van der Waals surface area contributed by atoms with Crippen molar-refractivity contribution in [3.63, 3.8) is 0 Å². The molecule has 3 N–H and O–H groups in total. The molecule has 1 rings (SSSR count). The van der Waals surface area contributed by atoms with E-state index >= 15 is 0 Å². The highest BCUT2D eigenvalue weighted by molar-refractivity contribution is 5.90. The summed E-state index contributed by atoms with van der Waals surface area (Å²) in [5, 5.41) is 3.21. The molecular formula is C6H13N3. The van der Waals surface area contributed by atoms with Gasteiger partial charge in [0.25, 0.3) is 0 Å². The molecule has 1 heterocycles. The summed E-state index contributed by atoms with van der Waals surface area (Å²) in [6.45, 7) is 2.65. The molecule has 0 radical (unpaired) electrons. The molecule has 0 amide bonds. The zero-order valence-corrected chi connectivity index (χ0v) is 5.72. The lowest BCUT2D eigenvalue weighted by molar-refractivity contribution is 0.691. The lowest BCUT2D eigenvalue weighted by atomic mass is 10.1. The molecule has 0 aromatic heterocycles. The van der Waals surface area contributed by atoms with Crippen LogP contribution in [0.2, 0.25) is 0 Å². The van der Waals surface area contributed by atoms with E-state index in [1.807, 2.05) is 7.05 Å². The van der Waals surface area contributed by atoms with E-state index in [0.29, 0.717) is 5.92 Å². The van der Waals surface area contributed by atoms with E-state index in [1.165, 1.54) is 5.71 Å². The van der Waals surface area contributed by atoms with Crippen LogP contribution in [-0.4, -0.2) is 32.4 Å². The van der Waals surface area contributed by atoms with Gasteiger partial charge in [-0.15, -0.1) is 0 Å². The standard InChI is InChI=1S/C6H13N3/c1-8-6-4-9-3-5(6)2-7/h5,9H,2-4,7H2,1H3/b8-6+. The van der Waals surface area contributed by atoms with Crippen LogP contribution in [0.15, 0.2) is 4.99 Å². The Morgan fingerprint density at radius 2 is 2.67 bits per heavy atom. The quantitative estimate of drug-likeness (QED) is 0.486. The minimum atomic E-state index is 0.495. The number of nitrogens with one attached hydrogen (secondary N) is 1. The van der Waals surface area contributed by atoms with Gasteiger partial charge in [-0.05, 0) is 0 Å². The first kappa shape index (κ1) is 6.71. The summed E-state index contributed by atoms with van der Waals surface area (Å²) >= 11 is 0. The van der Waals surface area contributed by atoms with Crippen LogP contribution in [-0.2, 0) is 0 Å². The van der Waals surface area contributed by atoms with Crippen LogP contribution in [0.3, 0.4) is 0 Å². The number of hydrogen-bond donors (Lipinski definition) is 2. The van der Waals surface area contributed by atoms with Gasteiger partial charge >= 0.3 is 0 Å². The molecule has 0 bridgehead atoms. The van der Waals surface area contributed by atoms with Crippen molar-refractivity contribution in [2.75, 3.05) is 26.7 Å². The van der Waals surface area contributed by atoms with Crippen LogP contribution in [0.1, 0.15) is 0 Å². The van der Waals surface area contributed by atoms with E-state index < -0.39 is 0 Å². The summed E-state index contributed by atoms with van der Waals surface area (Å²) in [5.41, 5.74) is 6.70. The molecule has 3 heteroatoms. The van der Waals surface area contributed by atoms with Crippen molar-refractivity contribution in [3.05, 3.63) is 0 Å². The van der Waals surface area contributed by atoms with Gasteiger partial charge in [0.05, 0.1) is 0 Å². The fourth-order valence-electron chi connectivity index (χ4n) is 1.12. The number of rotatable bonds is 1. The van der Waals surface area contributed by atoms with Gasteiger partial charge in [0.15, 0.2) is 0 Å². The summed E-state index contributed by atoms with van der Waals surface area (Å²) in [6, 6.07) is 0. The minimum absolute atomic E-state index is 0.495. The zero-order valence-electron chi connectivity index (χ0n) is 5.72. The second kappa shape index (κ2) is 2.94. The summed E-state index contributed by atoms with van der Waals surface area (Å²) in [4.78, 5) is 4.11. The Balaban J connectivity index is 2.52. The highest BCUT2D eigenvalue weighted by atomic mass is 15.0. The van der Waals surface area contributed by atoms with Crippen molar-refractivity contribution in [2.24, 2.45) is 16.6 Å². The van der Waals surface area contributed by atoms with Gasteiger partial charge in [0, 0.05) is 38.3 Å². The summed E-state index contributed by atoms with van der Waals surface area (Å²) in [6.07, 6.45) is 0. The average Bonchev–Trinajstić information content (AvgIpc) is 2.33. The molecule has 1 saturated heterocycles. The third-order valence-electron chi connectivity index (χ3n) is 1.74. The van der Waals surface area contributed by atoms with Gasteiger partial charge in [0.2, 0.25) is 0 Å². The fraction of sp³-hybridized carbons (Fsp3) is 0.833. The minimum Gasteiger partial charge on any atom is -0.330 e. The molecule has 0 aromatic rings. The maximum absolute atomic E-state index is 5.48. The molecule has 1 aliphatic rings. The van der Waals surface area contributed by atoms with E-state index in [1.54, 1.807) is 0 Å². The second-order valence-corrected chi connectivity index (χ2v) is 2.28. The Labute approximate surface area is 55.3 Å². The lowest BCUT2D eigenvalue weighted by Crippen LogP contribution is -2.21. The van der Waals surface area contributed by atoms with E-state index in [2.05, 4.69) is 10.3 Å². The van der Waals surface area contributed by atoms with Crippen LogP contribution < -0.4 is 11.1 Å². The maximum atomic E-state index is 5.48. The summed E-state index contributed by atoms with van der Waals surface area (Å²) < 4.78 is 0. The maximum Gasteiger partial charge on any atom is 0.0339 e. The van der Waals surface area contributed by atoms with Crippen molar-refractivity contribution in [1.29, 1.82) is 0 Å². The highest BCUT2D eigenvalue weighted by Gasteiger charge is 2.18. The average molecular weight is 127 g/mol. The van der Waals surface area contributed by atoms with Crippen LogP contribution in [0, 0.1) is 5.92 Å². The van der Waals surface area contributed by atoms with Crippen molar-refractivity contribution < 1.29 is 0 Å². The SMILES string of the molecule is C/N=C1\CNCC1CN. The third-order valence-corrected chi connectivity index (χ3v) is 1.74. The van der Waals surface area contributed by atoms with Gasteiger partial charge < -0.3 is 11.1 Å². The third kappa shape index (κ3) is 1.28. The van der Waals surface area contributed by atoms with Crippen LogP contribution in [0.5, 0.6) is 0 Å². The number of hydrogen-bond acceptors (Lipinski definition) is 3. The molecule has 52 valence electrons. The van der Waals surface area contributed by atoms with Crippen LogP contribution in [0.4, 0.5) is 0 Å². The molecule has 1 atom stereocenters. The Bertz CT molecular complexity index is 119. The lowest BCUT2D eigenvalue weighted by Gasteiger charge is -2.03. The Morgan fingerprint density at radius 3 is 3.11 bits per heavy atom. The van der Waals surface area contributed by atoms with Crippen molar-refractivity contribution in [3.8, 4) is 0 Å². The van der Waals surface area contributed by atoms with Crippen molar-refractivity contribution in [2.45, 2.75) is 0 Å². The molecule has 0 aliphatic carbocycles. The van der Waals surface area contributed by atoms with Gasteiger partial charge in [-0.3, -0.25) is 4.99 Å². The second-order valence-electron chi connectivity index (χ2n) is 2.28. The molecule has 1 fully saturated rings.